The van der Waals surface area contributed by atoms with Gasteiger partial charge in [0.05, 0.1) is 6.54 Å². The lowest BCUT2D eigenvalue weighted by Gasteiger charge is -2.04. The molecule has 0 aliphatic carbocycles. The molecule has 0 aliphatic rings. The third-order valence-electron chi connectivity index (χ3n) is 2.23. The summed E-state index contributed by atoms with van der Waals surface area (Å²) in [7, 11) is 0. The molecule has 2 aromatic carbocycles. The molecule has 0 spiro atoms. The van der Waals surface area contributed by atoms with Gasteiger partial charge in [-0.25, -0.2) is 5.53 Å². The SMILES string of the molecule is N=NCc1ccc2ccccc2c1O. The van der Waals surface area contributed by atoms with Crippen LogP contribution < -0.4 is 0 Å². The summed E-state index contributed by atoms with van der Waals surface area (Å²) < 4.78 is 0. The van der Waals surface area contributed by atoms with Gasteiger partial charge in [0.25, 0.3) is 0 Å². The highest BCUT2D eigenvalue weighted by Crippen LogP contribution is 2.28. The summed E-state index contributed by atoms with van der Waals surface area (Å²) in [5.74, 6) is 0.235. The van der Waals surface area contributed by atoms with Gasteiger partial charge in [0, 0.05) is 10.9 Å². The summed E-state index contributed by atoms with van der Waals surface area (Å²) in [5, 5.41) is 14.9. The van der Waals surface area contributed by atoms with Crippen molar-refractivity contribution < 1.29 is 5.11 Å². The molecule has 3 nitrogen and oxygen atoms in total. The molecule has 0 atom stereocenters. The van der Waals surface area contributed by atoms with Gasteiger partial charge in [-0.3, -0.25) is 0 Å². The molecular formula is C11H10N2O. The van der Waals surface area contributed by atoms with Gasteiger partial charge in [0.2, 0.25) is 0 Å². The topological polar surface area (TPSA) is 56.4 Å². The first-order chi connectivity index (χ1) is 6.83. The van der Waals surface area contributed by atoms with E-state index in [4.69, 9.17) is 5.53 Å². The lowest BCUT2D eigenvalue weighted by atomic mass is 10.1. The zero-order valence-corrected chi connectivity index (χ0v) is 7.57. The smallest absolute Gasteiger partial charge is 0.128 e. The molecule has 3 heteroatoms. The van der Waals surface area contributed by atoms with Gasteiger partial charge in [0.1, 0.15) is 5.75 Å². The number of benzene rings is 2. The quantitative estimate of drug-likeness (QED) is 0.695. The number of hydrogen-bond acceptors (Lipinski definition) is 3. The average molecular weight is 186 g/mol. The molecule has 70 valence electrons. The molecule has 2 N–H and O–H groups in total. The molecule has 0 bridgehead atoms. The van der Waals surface area contributed by atoms with Crippen LogP contribution in [-0.2, 0) is 6.54 Å². The molecule has 0 aromatic heterocycles. The zero-order chi connectivity index (χ0) is 9.97. The minimum Gasteiger partial charge on any atom is -0.507 e. The van der Waals surface area contributed by atoms with Crippen LogP contribution in [0.3, 0.4) is 0 Å². The summed E-state index contributed by atoms with van der Waals surface area (Å²) in [6.07, 6.45) is 0. The Morgan fingerprint density at radius 1 is 1.14 bits per heavy atom. The van der Waals surface area contributed by atoms with Crippen LogP contribution >= 0.6 is 0 Å². The molecule has 0 aliphatic heterocycles. The summed E-state index contributed by atoms with van der Waals surface area (Å²) in [4.78, 5) is 0. The largest absolute Gasteiger partial charge is 0.507 e. The lowest BCUT2D eigenvalue weighted by Crippen LogP contribution is -1.83. The van der Waals surface area contributed by atoms with E-state index in [1.807, 2.05) is 30.3 Å². The molecule has 0 amide bonds. The number of hydrogen-bond donors (Lipinski definition) is 2. The first-order valence-corrected chi connectivity index (χ1v) is 4.36. The number of rotatable bonds is 2. The van der Waals surface area contributed by atoms with Crippen molar-refractivity contribution in [1.29, 1.82) is 5.53 Å². The van der Waals surface area contributed by atoms with Crippen molar-refractivity contribution in [3.63, 3.8) is 0 Å². The molecule has 0 heterocycles. The third kappa shape index (κ3) is 1.33. The monoisotopic (exact) mass is 186 g/mol. The van der Waals surface area contributed by atoms with Crippen molar-refractivity contribution in [2.75, 3.05) is 0 Å². The zero-order valence-electron chi connectivity index (χ0n) is 7.57. The molecule has 2 aromatic rings. The minimum atomic E-state index is 0.233. The van der Waals surface area contributed by atoms with Crippen molar-refractivity contribution >= 4 is 10.8 Å². The Bertz CT molecular complexity index is 480. The molecule has 0 unspecified atom stereocenters. The summed E-state index contributed by atoms with van der Waals surface area (Å²) in [6, 6.07) is 11.3. The maximum Gasteiger partial charge on any atom is 0.128 e. The summed E-state index contributed by atoms with van der Waals surface area (Å²) in [5.41, 5.74) is 7.45. The van der Waals surface area contributed by atoms with Crippen LogP contribution in [0.2, 0.25) is 0 Å². The van der Waals surface area contributed by atoms with E-state index in [-0.39, 0.29) is 12.3 Å². The number of nitrogens with one attached hydrogen (secondary N) is 1. The molecular weight excluding hydrogens is 176 g/mol. The Hall–Kier alpha value is -1.90. The first kappa shape index (κ1) is 8.69. The third-order valence-corrected chi connectivity index (χ3v) is 2.23. The predicted molar refractivity (Wildman–Crippen MR) is 54.5 cm³/mol. The van der Waals surface area contributed by atoms with E-state index < -0.39 is 0 Å². The van der Waals surface area contributed by atoms with Gasteiger partial charge >= 0.3 is 0 Å². The fourth-order valence-corrected chi connectivity index (χ4v) is 1.51. The second-order valence-electron chi connectivity index (χ2n) is 3.11. The number of nitrogens with zero attached hydrogens (tertiary/aromatic N) is 1. The highest BCUT2D eigenvalue weighted by Gasteiger charge is 2.04. The van der Waals surface area contributed by atoms with Crippen molar-refractivity contribution in [3.8, 4) is 5.75 Å². The van der Waals surface area contributed by atoms with Gasteiger partial charge in [-0.15, -0.1) is 0 Å². The highest BCUT2D eigenvalue weighted by molar-refractivity contribution is 5.89. The normalized spacial score (nSPS) is 10.3. The number of phenols is 1. The van der Waals surface area contributed by atoms with Crippen LogP contribution in [0.25, 0.3) is 10.8 Å². The van der Waals surface area contributed by atoms with E-state index in [9.17, 15) is 5.11 Å². The Labute approximate surface area is 81.5 Å². The molecule has 0 saturated carbocycles. The summed E-state index contributed by atoms with van der Waals surface area (Å²) >= 11 is 0. The van der Waals surface area contributed by atoms with Crippen molar-refractivity contribution in [3.05, 3.63) is 42.0 Å². The Balaban J connectivity index is 2.68. The highest BCUT2D eigenvalue weighted by atomic mass is 16.3. The van der Waals surface area contributed by atoms with Crippen LogP contribution in [0.15, 0.2) is 41.5 Å². The van der Waals surface area contributed by atoms with E-state index in [2.05, 4.69) is 5.11 Å². The van der Waals surface area contributed by atoms with E-state index in [1.165, 1.54) is 0 Å². The Morgan fingerprint density at radius 2 is 1.93 bits per heavy atom. The standard InChI is InChI=1S/C11H10N2O/c12-13-7-9-6-5-8-3-1-2-4-10(8)11(9)14/h1-6,12,14H,7H2. The van der Waals surface area contributed by atoms with Gasteiger partial charge < -0.3 is 5.11 Å². The van der Waals surface area contributed by atoms with Crippen molar-refractivity contribution in [2.24, 2.45) is 5.11 Å². The minimum absolute atomic E-state index is 0.233. The molecule has 14 heavy (non-hydrogen) atoms. The second-order valence-corrected chi connectivity index (χ2v) is 3.11. The van der Waals surface area contributed by atoms with Crippen LogP contribution in [0, 0.1) is 5.53 Å². The van der Waals surface area contributed by atoms with Gasteiger partial charge in [-0.2, -0.15) is 5.11 Å². The van der Waals surface area contributed by atoms with Crippen LogP contribution in [-0.4, -0.2) is 5.11 Å². The molecule has 0 saturated heterocycles. The average Bonchev–Trinajstić information content (AvgIpc) is 2.23. The predicted octanol–water partition coefficient (Wildman–Crippen LogP) is 3.08. The lowest BCUT2D eigenvalue weighted by molar-refractivity contribution is 0.474. The molecule has 0 radical (unpaired) electrons. The number of phenolic OH excluding ortho intramolecular Hbond substituents is 1. The van der Waals surface area contributed by atoms with Gasteiger partial charge in [-0.05, 0) is 5.39 Å². The second kappa shape index (κ2) is 3.46. The van der Waals surface area contributed by atoms with E-state index in [0.717, 1.165) is 10.8 Å². The first-order valence-electron chi connectivity index (χ1n) is 4.36. The number of fused-ring (bicyclic) bond motifs is 1. The Kier molecular flexibility index (Phi) is 2.14. The van der Waals surface area contributed by atoms with Crippen LogP contribution in [0.4, 0.5) is 0 Å². The molecule has 0 fully saturated rings. The van der Waals surface area contributed by atoms with E-state index in [0.29, 0.717) is 5.56 Å². The van der Waals surface area contributed by atoms with Crippen LogP contribution in [0.5, 0.6) is 5.75 Å². The van der Waals surface area contributed by atoms with Gasteiger partial charge in [-0.1, -0.05) is 36.4 Å². The van der Waals surface area contributed by atoms with Crippen LogP contribution in [0.1, 0.15) is 5.56 Å². The van der Waals surface area contributed by atoms with Crippen molar-refractivity contribution in [1.82, 2.24) is 0 Å². The summed E-state index contributed by atoms with van der Waals surface area (Å²) in [6.45, 7) is 0.233. The number of aromatic hydroxyl groups is 1. The van der Waals surface area contributed by atoms with E-state index >= 15 is 0 Å². The fraction of sp³-hybridized carbons (Fsp3) is 0.0909. The maximum absolute atomic E-state index is 9.84. The Morgan fingerprint density at radius 3 is 2.71 bits per heavy atom. The van der Waals surface area contributed by atoms with Gasteiger partial charge in [0.15, 0.2) is 0 Å². The van der Waals surface area contributed by atoms with Crippen molar-refractivity contribution in [2.45, 2.75) is 6.54 Å². The van der Waals surface area contributed by atoms with E-state index in [1.54, 1.807) is 6.07 Å². The fourth-order valence-electron chi connectivity index (χ4n) is 1.51. The maximum atomic E-state index is 9.84. The molecule has 2 rings (SSSR count).